The predicted molar refractivity (Wildman–Crippen MR) is 275 cm³/mol. The normalized spacial score (nSPS) is 13.9. The highest BCUT2D eigenvalue weighted by Gasteiger charge is 2.28. The Morgan fingerprint density at radius 2 is 0.972 bits per heavy atom. The number of carboxylic acid groups (broad SMARTS) is 1. The van der Waals surface area contributed by atoms with Gasteiger partial charge in [-0.25, -0.2) is 33.5 Å². The van der Waals surface area contributed by atoms with Crippen LogP contribution >= 0.6 is 22.7 Å². The van der Waals surface area contributed by atoms with Crippen LogP contribution in [0.15, 0.2) is 96.0 Å². The number of rotatable bonds is 10. The summed E-state index contributed by atoms with van der Waals surface area (Å²) in [6.45, 7) is 7.97. The summed E-state index contributed by atoms with van der Waals surface area (Å²) in [7, 11) is 3.93. The van der Waals surface area contributed by atoms with Crippen LogP contribution in [-0.4, -0.2) is 134 Å². The number of aryl methyl sites for hydroxylation is 2. The van der Waals surface area contributed by atoms with Crippen molar-refractivity contribution in [3.63, 3.8) is 0 Å². The number of aliphatic carboxylic acids is 1. The number of halogens is 2. The van der Waals surface area contributed by atoms with Crippen LogP contribution < -0.4 is 25.3 Å². The molecule has 72 heavy (non-hydrogen) atoms. The first-order valence-corrected chi connectivity index (χ1v) is 25.0. The van der Waals surface area contributed by atoms with Crippen molar-refractivity contribution in [3.8, 4) is 22.5 Å². The van der Waals surface area contributed by atoms with E-state index < -0.39 is 23.7 Å². The number of carbonyl (C=O) groups excluding carboxylic acids is 3. The maximum Gasteiger partial charge on any atom is 0.394 e. The minimum Gasteiger partial charge on any atom is -0.474 e. The number of aromatic nitrogens is 6. The third-order valence-corrected chi connectivity index (χ3v) is 14.5. The van der Waals surface area contributed by atoms with E-state index in [2.05, 4.69) is 28.0 Å². The number of imidazole rings is 2. The molecule has 22 heteroatoms. The highest BCUT2D eigenvalue weighted by Crippen LogP contribution is 2.36. The number of thiazole rings is 2. The predicted octanol–water partition coefficient (Wildman–Crippen LogP) is 6.72. The fraction of sp³-hybridized carbons (Fsp3) is 0.280. The summed E-state index contributed by atoms with van der Waals surface area (Å²) < 4.78 is 30.8. The molecule has 0 atom stereocenters. The number of amides is 3. The summed E-state index contributed by atoms with van der Waals surface area (Å²) in [4.78, 5) is 76.4. The molecule has 8 aromatic rings. The third kappa shape index (κ3) is 9.99. The number of fused-ring (bicyclic) bond motifs is 2. The Kier molecular flexibility index (Phi) is 14.1. The number of pyridine rings is 2. The van der Waals surface area contributed by atoms with E-state index in [0.717, 1.165) is 91.3 Å². The van der Waals surface area contributed by atoms with Crippen molar-refractivity contribution >= 4 is 90.9 Å². The highest BCUT2D eigenvalue weighted by atomic mass is 32.1. The number of primary amides is 1. The van der Waals surface area contributed by atoms with E-state index in [1.54, 1.807) is 24.3 Å². The van der Waals surface area contributed by atoms with E-state index in [1.807, 2.05) is 75.7 Å². The summed E-state index contributed by atoms with van der Waals surface area (Å²) >= 11 is 3.02. The van der Waals surface area contributed by atoms with Crippen molar-refractivity contribution in [3.05, 3.63) is 119 Å². The zero-order chi connectivity index (χ0) is 50.8. The number of hydrogen-bond acceptors (Lipinski definition) is 14. The lowest BCUT2D eigenvalue weighted by Gasteiger charge is -2.35. The molecule has 2 aromatic carbocycles. The van der Waals surface area contributed by atoms with Crippen molar-refractivity contribution < 1.29 is 33.1 Å². The number of hydrogen-bond donors (Lipinski definition) is 2. The molecule has 0 bridgehead atoms. The molecule has 3 amide bonds. The maximum atomic E-state index is 13.3. The molecule has 0 spiro atoms. The van der Waals surface area contributed by atoms with Crippen molar-refractivity contribution in [2.24, 2.45) is 5.73 Å². The molecule has 0 radical (unpaired) electrons. The molecule has 0 saturated carbocycles. The van der Waals surface area contributed by atoms with Gasteiger partial charge in [0, 0.05) is 101 Å². The lowest BCUT2D eigenvalue weighted by molar-refractivity contribution is -0.156. The fourth-order valence-corrected chi connectivity index (χ4v) is 10.5. The average molecular weight is 1020 g/mol. The van der Waals surface area contributed by atoms with Crippen LogP contribution in [0.5, 0.6) is 0 Å². The van der Waals surface area contributed by atoms with Gasteiger partial charge in [0.25, 0.3) is 0 Å². The minimum absolute atomic E-state index is 0.277. The van der Waals surface area contributed by atoms with Crippen LogP contribution in [0.4, 0.5) is 42.1 Å². The first-order chi connectivity index (χ1) is 34.7. The quantitative estimate of drug-likeness (QED) is 0.137. The molecule has 6 aromatic heterocycles. The molecule has 2 aliphatic rings. The lowest BCUT2D eigenvalue weighted by Crippen LogP contribution is -2.52. The fourth-order valence-electron chi connectivity index (χ4n) is 8.85. The van der Waals surface area contributed by atoms with Gasteiger partial charge in [-0.3, -0.25) is 23.2 Å². The molecule has 2 saturated heterocycles. The zero-order valence-corrected chi connectivity index (χ0v) is 41.5. The summed E-state index contributed by atoms with van der Waals surface area (Å²) in [6, 6.07) is 20.6. The van der Waals surface area contributed by atoms with Crippen molar-refractivity contribution in [1.82, 2.24) is 38.5 Å². The molecule has 10 rings (SSSR count). The van der Waals surface area contributed by atoms with Crippen LogP contribution in [0, 0.1) is 11.6 Å². The summed E-state index contributed by atoms with van der Waals surface area (Å²) in [6.07, 6.45) is 5.56. The largest absolute Gasteiger partial charge is 0.474 e. The Bertz CT molecular complexity index is 3070. The van der Waals surface area contributed by atoms with Gasteiger partial charge < -0.3 is 40.2 Å². The second-order valence-corrected chi connectivity index (χ2v) is 18.8. The van der Waals surface area contributed by atoms with E-state index in [4.69, 9.17) is 30.8 Å². The Balaban J connectivity index is 0.000000178. The molecule has 2 aliphatic heterocycles. The number of anilines is 6. The van der Waals surface area contributed by atoms with Gasteiger partial charge in [-0.05, 0) is 85.6 Å². The molecule has 3 N–H and O–H groups in total. The number of piperazine rings is 2. The van der Waals surface area contributed by atoms with Gasteiger partial charge in [0.15, 0.2) is 10.3 Å². The third-order valence-electron chi connectivity index (χ3n) is 12.7. The second-order valence-electron chi connectivity index (χ2n) is 17.1. The SMILES string of the molecule is CCc1nc2ccc(N3CCN(C(=O)C(=O)O)CC3)cn2c1N(C)c1nc(-c2ccc(F)cc2)cs1.CCc1nc2ccc(N3CCN(C(=O)C(N)=O)CC3)cn2c1N(C)c1nc(-c2ccc(F)cc2)cs1. The second kappa shape index (κ2) is 20.8. The van der Waals surface area contributed by atoms with Crippen LogP contribution in [0.3, 0.4) is 0 Å². The Morgan fingerprint density at radius 1 is 0.583 bits per heavy atom. The topological polar surface area (TPSA) is 194 Å². The maximum absolute atomic E-state index is 13.3. The Morgan fingerprint density at radius 3 is 1.33 bits per heavy atom. The number of nitrogens with two attached hydrogens (primary N) is 1. The van der Waals surface area contributed by atoms with E-state index in [9.17, 15) is 28.0 Å². The number of carbonyl (C=O) groups is 4. The monoisotopic (exact) mass is 1020 g/mol. The molecule has 18 nitrogen and oxygen atoms in total. The van der Waals surface area contributed by atoms with Gasteiger partial charge in [0.05, 0.1) is 34.2 Å². The summed E-state index contributed by atoms with van der Waals surface area (Å²) in [5, 5.41) is 14.5. The van der Waals surface area contributed by atoms with Gasteiger partial charge in [0.2, 0.25) is 0 Å². The number of benzene rings is 2. The molecular formula is C50H51F2N13O5S2. The van der Waals surface area contributed by atoms with Crippen LogP contribution in [-0.2, 0) is 32.0 Å². The summed E-state index contributed by atoms with van der Waals surface area (Å²) in [5.74, 6) is -2.57. The zero-order valence-electron chi connectivity index (χ0n) is 39.9. The molecule has 2 fully saturated rings. The lowest BCUT2D eigenvalue weighted by atomic mass is 10.2. The first kappa shape index (κ1) is 49.0. The van der Waals surface area contributed by atoms with Crippen molar-refractivity contribution in [2.75, 3.05) is 86.1 Å². The summed E-state index contributed by atoms with van der Waals surface area (Å²) in [5.41, 5.74) is 13.9. The van der Waals surface area contributed by atoms with Crippen LogP contribution in [0.2, 0.25) is 0 Å². The number of carboxylic acids is 1. The molecule has 8 heterocycles. The molecule has 372 valence electrons. The Labute approximate surface area is 420 Å². The van der Waals surface area contributed by atoms with Gasteiger partial charge in [-0.15, -0.1) is 22.7 Å². The van der Waals surface area contributed by atoms with E-state index in [-0.39, 0.29) is 11.6 Å². The van der Waals surface area contributed by atoms with E-state index in [1.165, 1.54) is 56.7 Å². The average Bonchev–Trinajstić information content (AvgIpc) is 4.24. The standard InChI is InChI=1S/C25H26FN7O2S.C25H25FN6O3S/c1-3-19-23(30(2)25-29-20(15-36-25)16-4-6-17(26)7-5-16)33-14-18(8-9-21(33)28-19)31-10-12-32(13-11-31)24(35)22(27)34;1-3-19-22(29(2)25-28-20(15-36-25)16-4-6-17(26)7-5-16)32-14-18(8-9-21(32)27-19)30-10-12-31(13-11-30)23(33)24(34)35/h4-9,14-15H,3,10-13H2,1-2H3,(H2,27,34);4-9,14-15H,3,10-13H2,1-2H3,(H,34,35). The van der Waals surface area contributed by atoms with E-state index >= 15 is 0 Å². The highest BCUT2D eigenvalue weighted by molar-refractivity contribution is 7.14. The minimum atomic E-state index is -1.42. The van der Waals surface area contributed by atoms with Crippen LogP contribution in [0.1, 0.15) is 25.2 Å². The molecule has 0 aliphatic carbocycles. The smallest absolute Gasteiger partial charge is 0.394 e. The molecule has 0 unspecified atom stereocenters. The van der Waals surface area contributed by atoms with Crippen molar-refractivity contribution in [1.29, 1.82) is 0 Å². The van der Waals surface area contributed by atoms with Gasteiger partial charge in [0.1, 0.15) is 34.6 Å². The molecular weight excluding hydrogens is 965 g/mol. The van der Waals surface area contributed by atoms with E-state index in [0.29, 0.717) is 52.4 Å². The van der Waals surface area contributed by atoms with Crippen molar-refractivity contribution in [2.45, 2.75) is 26.7 Å². The van der Waals surface area contributed by atoms with Gasteiger partial charge >= 0.3 is 23.7 Å². The first-order valence-electron chi connectivity index (χ1n) is 23.2. The number of nitrogens with zero attached hydrogens (tertiary/aromatic N) is 12. The Hall–Kier alpha value is -7.98. The van der Waals surface area contributed by atoms with Gasteiger partial charge in [-0.2, -0.15) is 0 Å². The van der Waals surface area contributed by atoms with Crippen LogP contribution in [0.25, 0.3) is 33.8 Å². The van der Waals surface area contributed by atoms with Gasteiger partial charge in [-0.1, -0.05) is 13.8 Å².